The highest BCUT2D eigenvalue weighted by Crippen LogP contribution is 2.50. The molecule has 5 rings (SSSR count). The number of amidine groups is 1. The zero-order valence-corrected chi connectivity index (χ0v) is 19.1. The molecule has 176 valence electrons. The van der Waals surface area contributed by atoms with Crippen LogP contribution in [0.4, 0.5) is 13.2 Å². The summed E-state index contributed by atoms with van der Waals surface area (Å²) < 4.78 is 42.7. The van der Waals surface area contributed by atoms with E-state index in [0.717, 1.165) is 11.1 Å². The number of benzene rings is 2. The fourth-order valence-electron chi connectivity index (χ4n) is 4.24. The molecule has 1 saturated carbocycles. The number of hydrogen-bond donors (Lipinski definition) is 1. The van der Waals surface area contributed by atoms with Crippen LogP contribution in [-0.4, -0.2) is 28.4 Å². The fourth-order valence-corrected chi connectivity index (χ4v) is 4.77. The largest absolute Gasteiger partial charge is 0.435 e. The third kappa shape index (κ3) is 3.85. The summed E-state index contributed by atoms with van der Waals surface area (Å²) in [5, 5.41) is 15.9. The van der Waals surface area contributed by atoms with Gasteiger partial charge in [0.2, 0.25) is 0 Å². The first-order chi connectivity index (χ1) is 16.0. The van der Waals surface area contributed by atoms with Crippen LogP contribution < -0.4 is 5.32 Å². The van der Waals surface area contributed by atoms with Crippen molar-refractivity contribution >= 4 is 34.9 Å². The van der Waals surface area contributed by atoms with Crippen LogP contribution in [0.1, 0.15) is 46.3 Å². The van der Waals surface area contributed by atoms with Gasteiger partial charge in [0.1, 0.15) is 11.4 Å². The molecule has 1 atom stereocenters. The lowest BCUT2D eigenvalue weighted by Crippen LogP contribution is -2.43. The molecular weight excluding hydrogens is 492 g/mol. The number of carbonyl (C=O) groups excluding carboxylic acids is 1. The monoisotopic (exact) mass is 508 g/mol. The molecule has 0 bridgehead atoms. The lowest BCUT2D eigenvalue weighted by atomic mass is 9.89. The van der Waals surface area contributed by atoms with Crippen molar-refractivity contribution in [2.75, 3.05) is 0 Å². The van der Waals surface area contributed by atoms with Crippen molar-refractivity contribution in [1.82, 2.24) is 10.2 Å². The summed E-state index contributed by atoms with van der Waals surface area (Å²) in [6.07, 6.45) is -4.08. The Morgan fingerprint density at radius 3 is 2.41 bits per heavy atom. The highest BCUT2D eigenvalue weighted by molar-refractivity contribution is 6.34. The molecule has 3 aliphatic rings. The Bertz CT molecular complexity index is 1250. The van der Waals surface area contributed by atoms with Crippen LogP contribution in [0, 0.1) is 11.3 Å². The lowest BCUT2D eigenvalue weighted by molar-refractivity contribution is -0.275. The molecule has 2 aromatic carbocycles. The predicted molar refractivity (Wildman–Crippen MR) is 118 cm³/mol. The van der Waals surface area contributed by atoms with E-state index in [9.17, 15) is 23.2 Å². The molecule has 1 fully saturated rings. The number of nitrogens with zero attached hydrogens (tertiary/aromatic N) is 3. The Kier molecular flexibility index (Phi) is 5.22. The van der Waals surface area contributed by atoms with E-state index in [4.69, 9.17) is 28.0 Å². The van der Waals surface area contributed by atoms with Gasteiger partial charge in [-0.1, -0.05) is 34.4 Å². The number of carbonyl (C=O) groups is 1. The fraction of sp³-hybridized carbons (Fsp3) is 0.348. The Morgan fingerprint density at radius 2 is 1.79 bits per heavy atom. The molecule has 11 heteroatoms. The minimum absolute atomic E-state index is 0.0620. The Balaban J connectivity index is 1.35. The Morgan fingerprint density at radius 1 is 1.12 bits per heavy atom. The number of nitrogens with one attached hydrogen (secondary N) is 1. The van der Waals surface area contributed by atoms with E-state index in [-0.39, 0.29) is 33.9 Å². The standard InChI is InChI=1S/C23H17Cl2F3N4O2/c24-17-6-16(7-18(25)8-17)22(23(26,27)28)9-19(31-34-22)32-10-14-2-1-13(5-15(14)11-32)20(33)30-21(12-29)3-4-21/h1-2,5-8H,3-4,9-11H2,(H,30,33). The zero-order valence-electron chi connectivity index (χ0n) is 17.5. The molecule has 1 aliphatic carbocycles. The molecule has 2 aromatic rings. The van der Waals surface area contributed by atoms with Crippen LogP contribution in [0.5, 0.6) is 0 Å². The summed E-state index contributed by atoms with van der Waals surface area (Å²) in [7, 11) is 0. The van der Waals surface area contributed by atoms with Gasteiger partial charge in [0.25, 0.3) is 11.5 Å². The Hall–Kier alpha value is -2.96. The SMILES string of the molecule is N#CC1(NC(=O)c2ccc3c(c2)CN(C2=NOC(c4cc(Cl)cc(Cl)c4)(C(F)(F)F)C2)C3)CC1. The van der Waals surface area contributed by atoms with Crippen LogP contribution in [0.3, 0.4) is 0 Å². The molecular formula is C23H17Cl2F3N4O2. The number of fused-ring (bicyclic) bond motifs is 1. The third-order valence-corrected chi connectivity index (χ3v) is 6.81. The average molecular weight is 509 g/mol. The molecule has 6 nitrogen and oxygen atoms in total. The molecule has 0 spiro atoms. The Labute approximate surface area is 202 Å². The van der Waals surface area contributed by atoms with Gasteiger partial charge >= 0.3 is 6.18 Å². The summed E-state index contributed by atoms with van der Waals surface area (Å²) in [6, 6.07) is 10.9. The van der Waals surface area contributed by atoms with Crippen LogP contribution in [-0.2, 0) is 23.5 Å². The second-order valence-electron chi connectivity index (χ2n) is 8.75. The van der Waals surface area contributed by atoms with E-state index < -0.39 is 23.7 Å². The van der Waals surface area contributed by atoms with Gasteiger partial charge < -0.3 is 15.1 Å². The topological polar surface area (TPSA) is 77.7 Å². The van der Waals surface area contributed by atoms with Crippen LogP contribution in [0.15, 0.2) is 41.6 Å². The summed E-state index contributed by atoms with van der Waals surface area (Å²) in [6.45, 7) is 0.595. The van der Waals surface area contributed by atoms with E-state index in [1.807, 2.05) is 0 Å². The first kappa shape index (κ1) is 22.8. The molecule has 0 saturated heterocycles. The van der Waals surface area contributed by atoms with Gasteiger partial charge in [-0.3, -0.25) is 4.79 Å². The van der Waals surface area contributed by atoms with E-state index in [1.54, 1.807) is 23.1 Å². The van der Waals surface area contributed by atoms with Crippen LogP contribution in [0.25, 0.3) is 0 Å². The van der Waals surface area contributed by atoms with Crippen LogP contribution >= 0.6 is 23.2 Å². The smallest absolute Gasteiger partial charge is 0.372 e. The maximum absolute atomic E-state index is 14.2. The van der Waals surface area contributed by atoms with Gasteiger partial charge in [0.15, 0.2) is 0 Å². The number of halogens is 5. The van der Waals surface area contributed by atoms with E-state index in [0.29, 0.717) is 24.9 Å². The van der Waals surface area contributed by atoms with Crippen LogP contribution in [0.2, 0.25) is 10.0 Å². The maximum Gasteiger partial charge on any atom is 0.435 e. The molecule has 2 aliphatic heterocycles. The minimum Gasteiger partial charge on any atom is -0.372 e. The van der Waals surface area contributed by atoms with Gasteiger partial charge in [0.05, 0.1) is 12.5 Å². The zero-order chi connectivity index (χ0) is 24.3. The quantitative estimate of drug-likeness (QED) is 0.611. The van der Waals surface area contributed by atoms with Crippen molar-refractivity contribution in [3.63, 3.8) is 0 Å². The van der Waals surface area contributed by atoms with E-state index in [1.165, 1.54) is 18.2 Å². The van der Waals surface area contributed by atoms with Crippen molar-refractivity contribution in [1.29, 1.82) is 5.26 Å². The van der Waals surface area contributed by atoms with Gasteiger partial charge in [-0.25, -0.2) is 0 Å². The summed E-state index contributed by atoms with van der Waals surface area (Å²) in [5.41, 5.74) is -1.65. The number of rotatable bonds is 3. The number of amides is 1. The number of alkyl halides is 3. The normalized spacial score (nSPS) is 22.5. The highest BCUT2D eigenvalue weighted by Gasteiger charge is 2.63. The summed E-state index contributed by atoms with van der Waals surface area (Å²) in [4.78, 5) is 19.3. The van der Waals surface area contributed by atoms with Crippen molar-refractivity contribution in [2.24, 2.45) is 5.16 Å². The molecule has 1 N–H and O–H groups in total. The first-order valence-electron chi connectivity index (χ1n) is 10.4. The lowest BCUT2D eigenvalue weighted by Gasteiger charge is -2.30. The second-order valence-corrected chi connectivity index (χ2v) is 9.62. The average Bonchev–Trinajstić information content (AvgIpc) is 3.20. The van der Waals surface area contributed by atoms with Crippen molar-refractivity contribution in [3.05, 3.63) is 68.7 Å². The van der Waals surface area contributed by atoms with E-state index in [2.05, 4.69) is 16.5 Å². The minimum atomic E-state index is -4.77. The highest BCUT2D eigenvalue weighted by atomic mass is 35.5. The molecule has 2 heterocycles. The summed E-state index contributed by atoms with van der Waals surface area (Å²) >= 11 is 11.9. The molecule has 0 aromatic heterocycles. The predicted octanol–water partition coefficient (Wildman–Crippen LogP) is 5.29. The number of oxime groups is 1. The second kappa shape index (κ2) is 7.79. The van der Waals surface area contributed by atoms with Crippen molar-refractivity contribution < 1.29 is 22.8 Å². The molecule has 1 amide bonds. The van der Waals surface area contributed by atoms with Crippen molar-refractivity contribution in [2.45, 2.75) is 49.7 Å². The van der Waals surface area contributed by atoms with Gasteiger partial charge in [-0.05, 0) is 54.3 Å². The molecule has 0 radical (unpaired) electrons. The number of hydrogen-bond acceptors (Lipinski definition) is 5. The van der Waals surface area contributed by atoms with E-state index >= 15 is 0 Å². The summed E-state index contributed by atoms with van der Waals surface area (Å²) in [5.74, 6) is -0.215. The van der Waals surface area contributed by atoms with Crippen molar-refractivity contribution in [3.8, 4) is 6.07 Å². The van der Waals surface area contributed by atoms with Gasteiger partial charge in [-0.2, -0.15) is 18.4 Å². The van der Waals surface area contributed by atoms with Gasteiger partial charge in [-0.15, -0.1) is 0 Å². The maximum atomic E-state index is 14.2. The molecule has 1 unspecified atom stereocenters. The first-order valence-corrected chi connectivity index (χ1v) is 11.2. The third-order valence-electron chi connectivity index (χ3n) is 6.37. The number of nitriles is 1. The molecule has 34 heavy (non-hydrogen) atoms. The van der Waals surface area contributed by atoms with Gasteiger partial charge in [0, 0.05) is 34.3 Å².